The van der Waals surface area contributed by atoms with E-state index in [0.29, 0.717) is 0 Å². The van der Waals surface area contributed by atoms with Gasteiger partial charge in [-0.05, 0) is 19.4 Å². The Bertz CT molecular complexity index is 533. The SMILES string of the molecule is CCC(C)n1ncc2cc(C(=O)O)cnc21. The molecule has 0 aromatic carbocycles. The monoisotopic (exact) mass is 219 g/mol. The van der Waals surface area contributed by atoms with Crippen LogP contribution in [0.3, 0.4) is 0 Å². The molecule has 0 radical (unpaired) electrons. The first-order valence-corrected chi connectivity index (χ1v) is 5.20. The molecule has 1 N–H and O–H groups in total. The van der Waals surface area contributed by atoms with Gasteiger partial charge in [0.05, 0.1) is 17.8 Å². The van der Waals surface area contributed by atoms with E-state index in [0.717, 1.165) is 17.5 Å². The summed E-state index contributed by atoms with van der Waals surface area (Å²) < 4.78 is 1.82. The summed E-state index contributed by atoms with van der Waals surface area (Å²) in [5.41, 5.74) is 0.926. The molecule has 1 unspecified atom stereocenters. The molecule has 2 aromatic rings. The summed E-state index contributed by atoms with van der Waals surface area (Å²) in [5, 5.41) is 13.8. The molecule has 5 nitrogen and oxygen atoms in total. The van der Waals surface area contributed by atoms with Crippen LogP contribution in [-0.2, 0) is 0 Å². The van der Waals surface area contributed by atoms with Crippen LogP contribution in [0.2, 0.25) is 0 Å². The van der Waals surface area contributed by atoms with E-state index in [1.165, 1.54) is 6.20 Å². The van der Waals surface area contributed by atoms with Gasteiger partial charge in [-0.25, -0.2) is 14.5 Å². The molecule has 2 aromatic heterocycles. The number of fused-ring (bicyclic) bond motifs is 1. The van der Waals surface area contributed by atoms with Gasteiger partial charge in [0.15, 0.2) is 5.65 Å². The number of hydrogen-bond acceptors (Lipinski definition) is 3. The Morgan fingerprint density at radius 2 is 2.31 bits per heavy atom. The quantitative estimate of drug-likeness (QED) is 0.858. The van der Waals surface area contributed by atoms with Crippen LogP contribution in [-0.4, -0.2) is 25.8 Å². The molecule has 16 heavy (non-hydrogen) atoms. The van der Waals surface area contributed by atoms with Gasteiger partial charge in [-0.3, -0.25) is 0 Å². The summed E-state index contributed by atoms with van der Waals surface area (Å²) in [6.45, 7) is 4.13. The first kappa shape index (κ1) is 10.6. The number of aromatic carboxylic acids is 1. The summed E-state index contributed by atoms with van der Waals surface area (Å²) in [5.74, 6) is -0.967. The molecule has 5 heteroatoms. The second kappa shape index (κ2) is 3.92. The largest absolute Gasteiger partial charge is 0.478 e. The van der Waals surface area contributed by atoms with Crippen molar-refractivity contribution < 1.29 is 9.90 Å². The zero-order chi connectivity index (χ0) is 11.7. The highest BCUT2D eigenvalue weighted by atomic mass is 16.4. The Hall–Kier alpha value is -1.91. The molecule has 0 aliphatic heterocycles. The van der Waals surface area contributed by atoms with Gasteiger partial charge in [-0.1, -0.05) is 6.92 Å². The van der Waals surface area contributed by atoms with E-state index in [-0.39, 0.29) is 11.6 Å². The van der Waals surface area contributed by atoms with Crippen LogP contribution in [0.5, 0.6) is 0 Å². The molecule has 2 rings (SSSR count). The minimum absolute atomic E-state index is 0.191. The average molecular weight is 219 g/mol. The summed E-state index contributed by atoms with van der Waals surface area (Å²) in [6.07, 6.45) is 3.98. The lowest BCUT2D eigenvalue weighted by Gasteiger charge is -2.09. The topological polar surface area (TPSA) is 68.0 Å². The first-order chi connectivity index (χ1) is 7.63. The Balaban J connectivity index is 2.54. The van der Waals surface area contributed by atoms with Crippen LogP contribution >= 0.6 is 0 Å². The second-order valence-electron chi connectivity index (χ2n) is 3.79. The Morgan fingerprint density at radius 1 is 1.56 bits per heavy atom. The molecule has 0 fully saturated rings. The van der Waals surface area contributed by atoms with Crippen LogP contribution in [0, 0.1) is 0 Å². The minimum Gasteiger partial charge on any atom is -0.478 e. The van der Waals surface area contributed by atoms with Crippen LogP contribution in [0.25, 0.3) is 11.0 Å². The molecular formula is C11H13N3O2. The molecule has 0 saturated carbocycles. The lowest BCUT2D eigenvalue weighted by molar-refractivity contribution is 0.0696. The van der Waals surface area contributed by atoms with E-state index in [2.05, 4.69) is 23.9 Å². The number of rotatable bonds is 3. The average Bonchev–Trinajstić information content (AvgIpc) is 2.70. The number of aromatic nitrogens is 3. The van der Waals surface area contributed by atoms with Crippen LogP contribution in [0.15, 0.2) is 18.5 Å². The number of carboxylic acid groups (broad SMARTS) is 1. The van der Waals surface area contributed by atoms with E-state index >= 15 is 0 Å². The van der Waals surface area contributed by atoms with Gasteiger partial charge in [-0.2, -0.15) is 5.10 Å². The van der Waals surface area contributed by atoms with Crippen molar-refractivity contribution in [2.75, 3.05) is 0 Å². The number of nitrogens with zero attached hydrogens (tertiary/aromatic N) is 3. The number of carboxylic acids is 1. The Kier molecular flexibility index (Phi) is 2.60. The molecule has 0 amide bonds. The zero-order valence-corrected chi connectivity index (χ0v) is 9.21. The fourth-order valence-electron chi connectivity index (χ4n) is 1.55. The number of pyridine rings is 1. The number of hydrogen-bond donors (Lipinski definition) is 1. The number of carbonyl (C=O) groups is 1. The Labute approximate surface area is 92.7 Å². The van der Waals surface area contributed by atoms with E-state index in [9.17, 15) is 4.79 Å². The van der Waals surface area contributed by atoms with Crippen LogP contribution < -0.4 is 0 Å². The van der Waals surface area contributed by atoms with Gasteiger partial charge in [0.25, 0.3) is 0 Å². The van der Waals surface area contributed by atoms with Crippen molar-refractivity contribution in [2.24, 2.45) is 0 Å². The van der Waals surface area contributed by atoms with Crippen molar-refractivity contribution in [3.8, 4) is 0 Å². The molecule has 84 valence electrons. The van der Waals surface area contributed by atoms with Gasteiger partial charge in [-0.15, -0.1) is 0 Å². The normalized spacial score (nSPS) is 12.9. The smallest absolute Gasteiger partial charge is 0.337 e. The molecule has 0 aliphatic carbocycles. The van der Waals surface area contributed by atoms with E-state index < -0.39 is 5.97 Å². The predicted molar refractivity (Wildman–Crippen MR) is 59.5 cm³/mol. The lowest BCUT2D eigenvalue weighted by Crippen LogP contribution is -2.06. The molecule has 0 spiro atoms. The highest BCUT2D eigenvalue weighted by Crippen LogP contribution is 2.18. The lowest BCUT2D eigenvalue weighted by atomic mass is 10.2. The van der Waals surface area contributed by atoms with E-state index in [4.69, 9.17) is 5.11 Å². The molecular weight excluding hydrogens is 206 g/mol. The maximum atomic E-state index is 10.8. The highest BCUT2D eigenvalue weighted by Gasteiger charge is 2.11. The maximum Gasteiger partial charge on any atom is 0.337 e. The predicted octanol–water partition coefficient (Wildman–Crippen LogP) is 2.10. The fourth-order valence-corrected chi connectivity index (χ4v) is 1.55. The second-order valence-corrected chi connectivity index (χ2v) is 3.79. The van der Waals surface area contributed by atoms with Gasteiger partial charge < -0.3 is 5.11 Å². The molecule has 1 atom stereocenters. The molecule has 0 aliphatic rings. The fraction of sp³-hybridized carbons (Fsp3) is 0.364. The zero-order valence-electron chi connectivity index (χ0n) is 9.21. The van der Waals surface area contributed by atoms with Crippen molar-refractivity contribution in [1.82, 2.24) is 14.8 Å². The van der Waals surface area contributed by atoms with Gasteiger partial charge >= 0.3 is 5.97 Å². The third-order valence-electron chi connectivity index (χ3n) is 2.69. The van der Waals surface area contributed by atoms with Crippen molar-refractivity contribution in [1.29, 1.82) is 0 Å². The van der Waals surface area contributed by atoms with Crippen LogP contribution in [0.1, 0.15) is 36.7 Å². The molecule has 2 heterocycles. The van der Waals surface area contributed by atoms with E-state index in [1.807, 2.05) is 4.68 Å². The third kappa shape index (κ3) is 1.64. The third-order valence-corrected chi connectivity index (χ3v) is 2.69. The minimum atomic E-state index is -0.967. The summed E-state index contributed by atoms with van der Waals surface area (Å²) in [6, 6.07) is 1.86. The summed E-state index contributed by atoms with van der Waals surface area (Å²) in [7, 11) is 0. The van der Waals surface area contributed by atoms with Gasteiger partial charge in [0.1, 0.15) is 0 Å². The van der Waals surface area contributed by atoms with Crippen molar-refractivity contribution in [2.45, 2.75) is 26.3 Å². The van der Waals surface area contributed by atoms with Crippen molar-refractivity contribution in [3.63, 3.8) is 0 Å². The van der Waals surface area contributed by atoms with Crippen molar-refractivity contribution >= 4 is 17.0 Å². The van der Waals surface area contributed by atoms with Crippen LogP contribution in [0.4, 0.5) is 0 Å². The standard InChI is InChI=1S/C11H13N3O2/c1-3-7(2)14-10-8(6-13-14)4-9(5-12-10)11(15)16/h4-7H,3H2,1-2H3,(H,15,16). The van der Waals surface area contributed by atoms with Gasteiger partial charge in [0, 0.05) is 11.6 Å². The first-order valence-electron chi connectivity index (χ1n) is 5.20. The molecule has 0 saturated heterocycles. The maximum absolute atomic E-state index is 10.8. The van der Waals surface area contributed by atoms with Crippen molar-refractivity contribution in [3.05, 3.63) is 24.0 Å². The summed E-state index contributed by atoms with van der Waals surface area (Å²) >= 11 is 0. The Morgan fingerprint density at radius 3 is 2.94 bits per heavy atom. The molecule has 0 bridgehead atoms. The summed E-state index contributed by atoms with van der Waals surface area (Å²) in [4.78, 5) is 14.9. The van der Waals surface area contributed by atoms with E-state index in [1.54, 1.807) is 12.3 Å². The highest BCUT2D eigenvalue weighted by molar-refractivity contribution is 5.91. The van der Waals surface area contributed by atoms with Gasteiger partial charge in [0.2, 0.25) is 0 Å².